The molecule has 0 aliphatic rings. The number of hydrogen-bond donors (Lipinski definition) is 1. The van der Waals surface area contributed by atoms with Crippen LogP contribution in [0.15, 0.2) is 22.7 Å². The van der Waals surface area contributed by atoms with Crippen molar-refractivity contribution < 1.29 is 13.9 Å². The minimum absolute atomic E-state index is 0.258. The van der Waals surface area contributed by atoms with Gasteiger partial charge in [-0.05, 0) is 54.9 Å². The third kappa shape index (κ3) is 4.18. The van der Waals surface area contributed by atoms with Crippen molar-refractivity contribution >= 4 is 22.0 Å². The monoisotopic (exact) mass is 289 g/mol. The molecule has 1 rings (SSSR count). The Balaban J connectivity index is 2.67. The number of hydrogen-bond acceptors (Lipinski definition) is 2. The quantitative estimate of drug-likeness (QED) is 0.860. The maximum atomic E-state index is 12.9. The molecule has 0 atom stereocenters. The number of carbonyl (C=O) groups excluding carboxylic acids is 1. The van der Waals surface area contributed by atoms with Crippen LogP contribution in [0, 0.1) is 5.82 Å². The standard InChI is InChI=1S/C11H13BrFNO2/c1-11(2,3)14-10(15)16-7-4-5-9(13)8(12)6-7/h4-6H,1-3H3,(H,14,15). The van der Waals surface area contributed by atoms with Gasteiger partial charge in [0.05, 0.1) is 4.47 Å². The lowest BCUT2D eigenvalue weighted by atomic mass is 10.1. The van der Waals surface area contributed by atoms with E-state index in [2.05, 4.69) is 21.2 Å². The minimum Gasteiger partial charge on any atom is -0.410 e. The predicted octanol–water partition coefficient (Wildman–Crippen LogP) is 3.48. The number of ether oxygens (including phenoxy) is 1. The molecule has 0 aromatic heterocycles. The lowest BCUT2D eigenvalue weighted by molar-refractivity contribution is 0.190. The lowest BCUT2D eigenvalue weighted by Crippen LogP contribution is -2.42. The zero-order chi connectivity index (χ0) is 12.3. The fourth-order valence-electron chi connectivity index (χ4n) is 0.979. The molecule has 0 unspecified atom stereocenters. The van der Waals surface area contributed by atoms with Crippen LogP contribution in [0.25, 0.3) is 0 Å². The Bertz CT molecular complexity index is 401. The third-order valence-corrected chi connectivity index (χ3v) is 2.19. The normalized spacial score (nSPS) is 11.1. The summed E-state index contributed by atoms with van der Waals surface area (Å²) in [4.78, 5) is 11.4. The van der Waals surface area contributed by atoms with Gasteiger partial charge in [0.25, 0.3) is 0 Å². The van der Waals surface area contributed by atoms with Crippen molar-refractivity contribution in [3.63, 3.8) is 0 Å². The van der Waals surface area contributed by atoms with Crippen LogP contribution in [0.5, 0.6) is 5.75 Å². The van der Waals surface area contributed by atoms with E-state index in [1.165, 1.54) is 18.2 Å². The fraction of sp³-hybridized carbons (Fsp3) is 0.364. The van der Waals surface area contributed by atoms with E-state index < -0.39 is 11.9 Å². The second-order valence-electron chi connectivity index (χ2n) is 4.34. The first-order chi connectivity index (χ1) is 7.28. The van der Waals surface area contributed by atoms with Crippen LogP contribution < -0.4 is 10.1 Å². The van der Waals surface area contributed by atoms with Gasteiger partial charge in [0.2, 0.25) is 0 Å². The highest BCUT2D eigenvalue weighted by Gasteiger charge is 2.15. The Hall–Kier alpha value is -1.10. The average Bonchev–Trinajstić information content (AvgIpc) is 2.08. The number of nitrogens with one attached hydrogen (secondary N) is 1. The molecule has 0 bridgehead atoms. The molecule has 16 heavy (non-hydrogen) atoms. The molecule has 1 aromatic rings. The van der Waals surface area contributed by atoms with Crippen molar-refractivity contribution in [2.75, 3.05) is 0 Å². The Labute approximate surface area is 102 Å². The highest BCUT2D eigenvalue weighted by molar-refractivity contribution is 9.10. The van der Waals surface area contributed by atoms with E-state index in [0.29, 0.717) is 0 Å². The maximum absolute atomic E-state index is 12.9. The summed E-state index contributed by atoms with van der Waals surface area (Å²) in [5.74, 6) is -0.112. The zero-order valence-corrected chi connectivity index (χ0v) is 10.9. The largest absolute Gasteiger partial charge is 0.413 e. The number of benzene rings is 1. The molecule has 0 aliphatic heterocycles. The summed E-state index contributed by atoms with van der Waals surface area (Å²) >= 11 is 3.01. The number of amides is 1. The highest BCUT2D eigenvalue weighted by Crippen LogP contribution is 2.21. The van der Waals surface area contributed by atoms with Crippen LogP contribution >= 0.6 is 15.9 Å². The second kappa shape index (κ2) is 4.82. The molecular weight excluding hydrogens is 277 g/mol. The smallest absolute Gasteiger partial charge is 0.410 e. The molecule has 0 heterocycles. The summed E-state index contributed by atoms with van der Waals surface area (Å²) in [6.07, 6.45) is -0.564. The molecule has 0 radical (unpaired) electrons. The van der Waals surface area contributed by atoms with Crippen molar-refractivity contribution in [1.29, 1.82) is 0 Å². The van der Waals surface area contributed by atoms with Crippen LogP contribution in [-0.2, 0) is 0 Å². The molecule has 0 spiro atoms. The summed E-state index contributed by atoms with van der Waals surface area (Å²) in [6, 6.07) is 4.02. The summed E-state index contributed by atoms with van der Waals surface area (Å²) < 4.78 is 18.1. The van der Waals surface area contributed by atoms with Gasteiger partial charge < -0.3 is 10.1 Å². The van der Waals surface area contributed by atoms with Gasteiger partial charge >= 0.3 is 6.09 Å². The van der Waals surface area contributed by atoms with Gasteiger partial charge in [0.1, 0.15) is 11.6 Å². The van der Waals surface area contributed by atoms with E-state index in [4.69, 9.17) is 4.74 Å². The SMILES string of the molecule is CC(C)(C)NC(=O)Oc1ccc(F)c(Br)c1. The molecule has 88 valence electrons. The van der Waals surface area contributed by atoms with Crippen molar-refractivity contribution in [2.24, 2.45) is 0 Å². The van der Waals surface area contributed by atoms with Gasteiger partial charge in [-0.1, -0.05) is 0 Å². The van der Waals surface area contributed by atoms with Crippen molar-refractivity contribution in [3.8, 4) is 5.75 Å². The molecule has 0 aliphatic carbocycles. The predicted molar refractivity (Wildman–Crippen MR) is 63.0 cm³/mol. The van der Waals surface area contributed by atoms with Gasteiger partial charge in [0, 0.05) is 5.54 Å². The van der Waals surface area contributed by atoms with Gasteiger partial charge in [-0.3, -0.25) is 0 Å². The number of rotatable bonds is 1. The Kier molecular flexibility index (Phi) is 3.91. The lowest BCUT2D eigenvalue weighted by Gasteiger charge is -2.19. The van der Waals surface area contributed by atoms with Crippen LogP contribution in [0.2, 0.25) is 0 Å². The van der Waals surface area contributed by atoms with Crippen molar-refractivity contribution in [2.45, 2.75) is 26.3 Å². The van der Waals surface area contributed by atoms with Gasteiger partial charge in [-0.25, -0.2) is 9.18 Å². The molecule has 0 fully saturated rings. The van der Waals surface area contributed by atoms with E-state index in [9.17, 15) is 9.18 Å². The third-order valence-electron chi connectivity index (χ3n) is 1.58. The first kappa shape index (κ1) is 13.0. The molecule has 1 N–H and O–H groups in total. The molecular formula is C11H13BrFNO2. The molecule has 0 saturated heterocycles. The summed E-state index contributed by atoms with van der Waals surface area (Å²) in [5, 5.41) is 2.63. The van der Waals surface area contributed by atoms with Gasteiger partial charge in [-0.2, -0.15) is 0 Å². The number of carbonyl (C=O) groups is 1. The molecule has 1 amide bonds. The Morgan fingerprint density at radius 3 is 2.56 bits per heavy atom. The topological polar surface area (TPSA) is 38.3 Å². The molecule has 3 nitrogen and oxygen atoms in total. The highest BCUT2D eigenvalue weighted by atomic mass is 79.9. The maximum Gasteiger partial charge on any atom is 0.413 e. The van der Waals surface area contributed by atoms with E-state index in [1.54, 1.807) is 0 Å². The molecule has 0 saturated carbocycles. The van der Waals surface area contributed by atoms with Crippen LogP contribution in [0.1, 0.15) is 20.8 Å². The van der Waals surface area contributed by atoms with E-state index >= 15 is 0 Å². The second-order valence-corrected chi connectivity index (χ2v) is 5.19. The van der Waals surface area contributed by atoms with Crippen LogP contribution in [-0.4, -0.2) is 11.6 Å². The van der Waals surface area contributed by atoms with Crippen molar-refractivity contribution in [1.82, 2.24) is 5.32 Å². The molecule has 5 heteroatoms. The van der Waals surface area contributed by atoms with Gasteiger partial charge in [0.15, 0.2) is 0 Å². The summed E-state index contributed by atoms with van der Waals surface area (Å²) in [6.45, 7) is 5.53. The van der Waals surface area contributed by atoms with E-state index in [1.807, 2.05) is 20.8 Å². The first-order valence-corrected chi connectivity index (χ1v) is 5.52. The van der Waals surface area contributed by atoms with Crippen molar-refractivity contribution in [3.05, 3.63) is 28.5 Å². The minimum atomic E-state index is -0.564. The Morgan fingerprint density at radius 2 is 2.06 bits per heavy atom. The summed E-state index contributed by atoms with van der Waals surface area (Å²) in [7, 11) is 0. The van der Waals surface area contributed by atoms with Crippen LogP contribution in [0.3, 0.4) is 0 Å². The Morgan fingerprint density at radius 1 is 1.44 bits per heavy atom. The summed E-state index contributed by atoms with van der Waals surface area (Å²) in [5.41, 5.74) is -0.367. The number of halogens is 2. The first-order valence-electron chi connectivity index (χ1n) is 4.73. The van der Waals surface area contributed by atoms with E-state index in [-0.39, 0.29) is 15.8 Å². The van der Waals surface area contributed by atoms with E-state index in [0.717, 1.165) is 0 Å². The fourth-order valence-corrected chi connectivity index (χ4v) is 1.34. The van der Waals surface area contributed by atoms with Gasteiger partial charge in [-0.15, -0.1) is 0 Å². The average molecular weight is 290 g/mol. The zero-order valence-electron chi connectivity index (χ0n) is 9.30. The van der Waals surface area contributed by atoms with Crippen LogP contribution in [0.4, 0.5) is 9.18 Å². The molecule has 1 aromatic carbocycles.